The minimum atomic E-state index is -1.40. The molecule has 0 saturated heterocycles. The fourth-order valence-corrected chi connectivity index (χ4v) is 0.347. The molecule has 0 aromatic carbocycles. The van der Waals surface area contributed by atoms with Gasteiger partial charge in [0.15, 0.2) is 0 Å². The number of ether oxygens (including phenoxy) is 2. The van der Waals surface area contributed by atoms with Gasteiger partial charge in [0.1, 0.15) is 13.2 Å². The van der Waals surface area contributed by atoms with Crippen molar-refractivity contribution in [3.05, 3.63) is 0 Å². The van der Waals surface area contributed by atoms with E-state index in [0.717, 1.165) is 0 Å². The molecule has 11 heavy (non-hydrogen) atoms. The summed E-state index contributed by atoms with van der Waals surface area (Å²) in [5.41, 5.74) is 0. The van der Waals surface area contributed by atoms with Crippen LogP contribution in [-0.4, -0.2) is 42.2 Å². The molecule has 0 bridgehead atoms. The van der Waals surface area contributed by atoms with Gasteiger partial charge >= 0.3 is 12.1 Å². The van der Waals surface area contributed by atoms with Crippen LogP contribution in [0.3, 0.4) is 0 Å². The van der Waals surface area contributed by atoms with Gasteiger partial charge in [-0.25, -0.2) is 9.59 Å². The topological polar surface area (TPSA) is 93.1 Å². The molecule has 0 saturated carbocycles. The summed E-state index contributed by atoms with van der Waals surface area (Å²) in [6, 6.07) is 0. The molecule has 0 aromatic heterocycles. The summed E-state index contributed by atoms with van der Waals surface area (Å²) in [6.45, 7) is -0.635. The number of carbonyl (C=O) groups is 2. The second kappa shape index (κ2) is 5.48. The van der Waals surface area contributed by atoms with Crippen molar-refractivity contribution in [3.63, 3.8) is 0 Å². The van der Waals surface area contributed by atoms with E-state index in [1.165, 1.54) is 0 Å². The maximum absolute atomic E-state index is 9.81. The molecular weight excluding hydrogens is 156 g/mol. The maximum Gasteiger partial charge on any atom is 0.505 e. The largest absolute Gasteiger partial charge is 0.505 e. The van der Waals surface area contributed by atoms with Crippen LogP contribution in [0.25, 0.3) is 0 Å². The molecule has 0 rings (SSSR count). The number of hydrogen-bond acceptors (Lipinski definition) is 4. The van der Waals surface area contributed by atoms with Gasteiger partial charge in [0, 0.05) is 0 Å². The molecule has 6 heteroatoms. The van der Waals surface area contributed by atoms with Crippen LogP contribution >= 0.6 is 0 Å². The Labute approximate surface area is 62.3 Å². The Hall–Kier alpha value is -1.30. The summed E-state index contributed by atoms with van der Waals surface area (Å²) in [7, 11) is 0. The van der Waals surface area contributed by atoms with Crippen LogP contribution in [0.5, 0.6) is 0 Å². The molecule has 64 valence electrons. The SMILES string of the molecule is O=C(O)COCCOC(=O)O. The number of carboxylic acid groups (broad SMARTS) is 2. The van der Waals surface area contributed by atoms with Crippen molar-refractivity contribution in [2.75, 3.05) is 19.8 Å². The van der Waals surface area contributed by atoms with Crippen molar-refractivity contribution in [2.24, 2.45) is 0 Å². The molecule has 6 nitrogen and oxygen atoms in total. The normalized spacial score (nSPS) is 9.09. The second-order valence-electron chi connectivity index (χ2n) is 1.56. The number of hydrogen-bond donors (Lipinski definition) is 2. The first-order valence-corrected chi connectivity index (χ1v) is 2.78. The summed E-state index contributed by atoms with van der Waals surface area (Å²) in [4.78, 5) is 19.5. The lowest BCUT2D eigenvalue weighted by molar-refractivity contribution is -0.142. The molecule has 0 aliphatic rings. The quantitative estimate of drug-likeness (QED) is 0.431. The first kappa shape index (κ1) is 9.70. The predicted molar refractivity (Wildman–Crippen MR) is 32.4 cm³/mol. The van der Waals surface area contributed by atoms with Gasteiger partial charge in [-0.15, -0.1) is 0 Å². The Kier molecular flexibility index (Phi) is 4.83. The minimum absolute atomic E-state index is 0.0431. The molecule has 2 N–H and O–H groups in total. The average molecular weight is 164 g/mol. The molecule has 0 atom stereocenters. The van der Waals surface area contributed by atoms with E-state index in [-0.39, 0.29) is 13.2 Å². The molecule has 0 amide bonds. The van der Waals surface area contributed by atoms with Crippen LogP contribution in [0.4, 0.5) is 4.79 Å². The van der Waals surface area contributed by atoms with Gasteiger partial charge in [-0.1, -0.05) is 0 Å². The minimum Gasteiger partial charge on any atom is -0.480 e. The average Bonchev–Trinajstić information content (AvgIpc) is 1.85. The molecule has 0 heterocycles. The van der Waals surface area contributed by atoms with E-state index < -0.39 is 18.7 Å². The Bertz CT molecular complexity index is 126. The van der Waals surface area contributed by atoms with E-state index >= 15 is 0 Å². The van der Waals surface area contributed by atoms with E-state index in [1.807, 2.05) is 0 Å². The fraction of sp³-hybridized carbons (Fsp3) is 0.600. The second-order valence-corrected chi connectivity index (χ2v) is 1.56. The lowest BCUT2D eigenvalue weighted by Gasteiger charge is -1.99. The monoisotopic (exact) mass is 164 g/mol. The highest BCUT2D eigenvalue weighted by molar-refractivity contribution is 5.67. The third-order valence-corrected chi connectivity index (χ3v) is 0.679. The molecule has 0 aliphatic carbocycles. The zero-order valence-corrected chi connectivity index (χ0v) is 5.65. The molecule has 0 aromatic rings. The third-order valence-electron chi connectivity index (χ3n) is 0.679. The number of carboxylic acids is 1. The molecule has 0 spiro atoms. The van der Waals surface area contributed by atoms with E-state index in [1.54, 1.807) is 0 Å². The zero-order valence-electron chi connectivity index (χ0n) is 5.65. The van der Waals surface area contributed by atoms with Crippen molar-refractivity contribution in [2.45, 2.75) is 0 Å². The summed E-state index contributed by atoms with van der Waals surface area (Å²) in [6.07, 6.45) is -1.40. The fourth-order valence-electron chi connectivity index (χ4n) is 0.347. The predicted octanol–water partition coefficient (Wildman–Crippen LogP) is -0.218. The van der Waals surface area contributed by atoms with E-state index in [9.17, 15) is 9.59 Å². The highest BCUT2D eigenvalue weighted by atomic mass is 16.7. The first-order chi connectivity index (χ1) is 5.13. The highest BCUT2D eigenvalue weighted by Crippen LogP contribution is 1.79. The van der Waals surface area contributed by atoms with Gasteiger partial charge in [-0.3, -0.25) is 0 Å². The summed E-state index contributed by atoms with van der Waals surface area (Å²) in [5.74, 6) is -1.10. The molecule has 0 radical (unpaired) electrons. The third kappa shape index (κ3) is 8.70. The van der Waals surface area contributed by atoms with Crippen molar-refractivity contribution >= 4 is 12.1 Å². The highest BCUT2D eigenvalue weighted by Gasteiger charge is 1.97. The lowest BCUT2D eigenvalue weighted by atomic mass is 10.7. The van der Waals surface area contributed by atoms with Crippen molar-refractivity contribution in [1.29, 1.82) is 0 Å². The van der Waals surface area contributed by atoms with E-state index in [2.05, 4.69) is 9.47 Å². The first-order valence-electron chi connectivity index (χ1n) is 2.78. The van der Waals surface area contributed by atoms with E-state index in [4.69, 9.17) is 10.2 Å². The summed E-state index contributed by atoms with van der Waals surface area (Å²) in [5, 5.41) is 16.0. The molecule has 0 fully saturated rings. The Morgan fingerprint density at radius 3 is 2.27 bits per heavy atom. The summed E-state index contributed by atoms with van der Waals surface area (Å²) < 4.78 is 8.48. The van der Waals surface area contributed by atoms with Crippen molar-refractivity contribution in [3.8, 4) is 0 Å². The molecule has 0 unspecified atom stereocenters. The van der Waals surface area contributed by atoms with Crippen molar-refractivity contribution in [1.82, 2.24) is 0 Å². The van der Waals surface area contributed by atoms with Crippen LogP contribution in [0.2, 0.25) is 0 Å². The van der Waals surface area contributed by atoms with Crippen LogP contribution in [0.15, 0.2) is 0 Å². The lowest BCUT2D eigenvalue weighted by Crippen LogP contribution is -2.12. The van der Waals surface area contributed by atoms with Gasteiger partial charge in [-0.05, 0) is 0 Å². The zero-order chi connectivity index (χ0) is 8.69. The van der Waals surface area contributed by atoms with Crippen molar-refractivity contribution < 1.29 is 29.3 Å². The number of rotatable bonds is 5. The van der Waals surface area contributed by atoms with Gasteiger partial charge < -0.3 is 19.7 Å². The van der Waals surface area contributed by atoms with Gasteiger partial charge in [0.25, 0.3) is 0 Å². The van der Waals surface area contributed by atoms with Crippen LogP contribution in [-0.2, 0) is 14.3 Å². The van der Waals surface area contributed by atoms with Crippen LogP contribution in [0.1, 0.15) is 0 Å². The standard InChI is InChI=1S/C5H8O6/c6-4(7)3-10-1-2-11-5(8)9/h1-3H2,(H,6,7)(H,8,9). The van der Waals surface area contributed by atoms with Gasteiger partial charge in [0.2, 0.25) is 0 Å². The maximum atomic E-state index is 9.81. The van der Waals surface area contributed by atoms with Gasteiger partial charge in [0.05, 0.1) is 6.61 Å². The van der Waals surface area contributed by atoms with Crippen LogP contribution in [0, 0.1) is 0 Å². The smallest absolute Gasteiger partial charge is 0.480 e. The summed E-state index contributed by atoms with van der Waals surface area (Å²) >= 11 is 0. The van der Waals surface area contributed by atoms with Crippen LogP contribution < -0.4 is 0 Å². The molecule has 0 aliphatic heterocycles. The molecular formula is C5H8O6. The Morgan fingerprint density at radius 1 is 1.18 bits per heavy atom. The Balaban J connectivity index is 3.03. The Morgan fingerprint density at radius 2 is 1.82 bits per heavy atom. The number of aliphatic carboxylic acids is 1. The van der Waals surface area contributed by atoms with E-state index in [0.29, 0.717) is 0 Å². The van der Waals surface area contributed by atoms with Gasteiger partial charge in [-0.2, -0.15) is 0 Å².